The number of rotatable bonds is 6. The number of nitrogens with zero attached hydrogens (tertiary/aromatic N) is 4. The number of ether oxygens (including phenoxy) is 1. The Morgan fingerprint density at radius 1 is 1.20 bits per heavy atom. The third-order valence-corrected chi connectivity index (χ3v) is 4.29. The second-order valence-corrected chi connectivity index (χ2v) is 5.96. The molecule has 0 amide bonds. The van der Waals surface area contributed by atoms with Crippen LogP contribution in [0.5, 0.6) is 5.75 Å². The first-order valence-corrected chi connectivity index (χ1v) is 8.88. The zero-order chi connectivity index (χ0) is 17.5. The highest BCUT2D eigenvalue weighted by molar-refractivity contribution is 5.79. The molecule has 7 heteroatoms. The van der Waals surface area contributed by atoms with Crippen molar-refractivity contribution >= 4 is 5.96 Å². The number of para-hydroxylation sites is 1. The van der Waals surface area contributed by atoms with E-state index in [1.807, 2.05) is 25.1 Å². The Labute approximate surface area is 148 Å². The monoisotopic (exact) mass is 342 g/mol. The average Bonchev–Trinajstić information content (AvgIpc) is 3.06. The number of aromatic nitrogens is 3. The lowest BCUT2D eigenvalue weighted by atomic mass is 10.2. The SMILES string of the molecule is CCOc1ccccc1CNC(=NC)NCc1nnc2n1CCCC2. The van der Waals surface area contributed by atoms with Gasteiger partial charge in [-0.15, -0.1) is 10.2 Å². The highest BCUT2D eigenvalue weighted by Gasteiger charge is 2.15. The normalized spacial score (nSPS) is 14.1. The van der Waals surface area contributed by atoms with E-state index in [1.165, 1.54) is 12.8 Å². The highest BCUT2D eigenvalue weighted by Crippen LogP contribution is 2.17. The van der Waals surface area contributed by atoms with E-state index in [0.717, 1.165) is 41.9 Å². The number of guanidine groups is 1. The van der Waals surface area contributed by atoms with Crippen LogP contribution in [0.25, 0.3) is 0 Å². The van der Waals surface area contributed by atoms with Gasteiger partial charge >= 0.3 is 0 Å². The van der Waals surface area contributed by atoms with Crippen molar-refractivity contribution in [3.05, 3.63) is 41.5 Å². The van der Waals surface area contributed by atoms with Gasteiger partial charge in [-0.3, -0.25) is 4.99 Å². The Kier molecular flexibility index (Phi) is 5.87. The largest absolute Gasteiger partial charge is 0.494 e. The molecule has 1 aliphatic heterocycles. The third kappa shape index (κ3) is 4.29. The molecule has 0 saturated carbocycles. The first-order valence-electron chi connectivity index (χ1n) is 8.88. The zero-order valence-corrected chi connectivity index (χ0v) is 15.0. The average molecular weight is 342 g/mol. The molecule has 1 aromatic heterocycles. The summed E-state index contributed by atoms with van der Waals surface area (Å²) in [7, 11) is 1.77. The van der Waals surface area contributed by atoms with Crippen molar-refractivity contribution in [1.29, 1.82) is 0 Å². The summed E-state index contributed by atoms with van der Waals surface area (Å²) in [6.07, 6.45) is 3.42. The van der Waals surface area contributed by atoms with E-state index in [4.69, 9.17) is 4.74 Å². The molecule has 0 bridgehead atoms. The minimum absolute atomic E-state index is 0.611. The molecular formula is C18H26N6O. The second kappa shape index (κ2) is 8.50. The maximum absolute atomic E-state index is 5.66. The Morgan fingerprint density at radius 2 is 2.04 bits per heavy atom. The molecule has 0 radical (unpaired) electrons. The highest BCUT2D eigenvalue weighted by atomic mass is 16.5. The lowest BCUT2D eigenvalue weighted by molar-refractivity contribution is 0.336. The van der Waals surface area contributed by atoms with Crippen molar-refractivity contribution < 1.29 is 4.74 Å². The quantitative estimate of drug-likeness (QED) is 0.619. The molecule has 0 aliphatic carbocycles. The summed E-state index contributed by atoms with van der Waals surface area (Å²) in [6, 6.07) is 8.04. The molecule has 0 fully saturated rings. The van der Waals surface area contributed by atoms with Gasteiger partial charge in [-0.05, 0) is 25.8 Å². The molecule has 0 unspecified atom stereocenters. The predicted molar refractivity (Wildman–Crippen MR) is 97.6 cm³/mol. The number of hydrogen-bond acceptors (Lipinski definition) is 4. The van der Waals surface area contributed by atoms with Crippen molar-refractivity contribution in [2.24, 2.45) is 4.99 Å². The molecule has 7 nitrogen and oxygen atoms in total. The lowest BCUT2D eigenvalue weighted by Crippen LogP contribution is -2.37. The zero-order valence-electron chi connectivity index (χ0n) is 15.0. The molecule has 25 heavy (non-hydrogen) atoms. The maximum Gasteiger partial charge on any atom is 0.191 e. The van der Waals surface area contributed by atoms with Gasteiger partial charge in [-0.2, -0.15) is 0 Å². The Hall–Kier alpha value is -2.57. The van der Waals surface area contributed by atoms with E-state index in [9.17, 15) is 0 Å². The molecule has 0 saturated heterocycles. The van der Waals surface area contributed by atoms with Crippen molar-refractivity contribution in [3.8, 4) is 5.75 Å². The number of aliphatic imine (C=N–C) groups is 1. The molecule has 2 heterocycles. The van der Waals surface area contributed by atoms with Gasteiger partial charge in [-0.25, -0.2) is 0 Å². The first kappa shape index (κ1) is 17.3. The van der Waals surface area contributed by atoms with E-state index in [0.29, 0.717) is 19.7 Å². The van der Waals surface area contributed by atoms with Gasteiger partial charge in [0.05, 0.1) is 13.2 Å². The van der Waals surface area contributed by atoms with Crippen molar-refractivity contribution in [2.75, 3.05) is 13.7 Å². The first-order chi connectivity index (χ1) is 12.3. The lowest BCUT2D eigenvalue weighted by Gasteiger charge is -2.16. The van der Waals surface area contributed by atoms with Gasteiger partial charge in [0.2, 0.25) is 0 Å². The summed E-state index contributed by atoms with van der Waals surface area (Å²) < 4.78 is 7.88. The van der Waals surface area contributed by atoms with Crippen molar-refractivity contribution in [2.45, 2.75) is 45.8 Å². The Balaban J connectivity index is 1.56. The number of aryl methyl sites for hydroxylation is 1. The molecule has 0 spiro atoms. The van der Waals surface area contributed by atoms with Crippen LogP contribution in [-0.2, 0) is 26.1 Å². The summed E-state index contributed by atoms with van der Waals surface area (Å²) in [6.45, 7) is 4.91. The van der Waals surface area contributed by atoms with Crippen molar-refractivity contribution in [3.63, 3.8) is 0 Å². The fourth-order valence-electron chi connectivity index (χ4n) is 3.01. The molecule has 3 rings (SSSR count). The van der Waals surface area contributed by atoms with Crippen molar-refractivity contribution in [1.82, 2.24) is 25.4 Å². The molecule has 134 valence electrons. The van der Waals surface area contributed by atoms with Crippen LogP contribution in [0.3, 0.4) is 0 Å². The number of hydrogen-bond donors (Lipinski definition) is 2. The van der Waals surface area contributed by atoms with E-state index in [1.54, 1.807) is 7.05 Å². The van der Waals surface area contributed by atoms with Crippen LogP contribution in [-0.4, -0.2) is 34.4 Å². The summed E-state index contributed by atoms with van der Waals surface area (Å²) in [5.74, 6) is 3.70. The molecule has 2 aromatic rings. The van der Waals surface area contributed by atoms with E-state index >= 15 is 0 Å². The number of fused-ring (bicyclic) bond motifs is 1. The fraction of sp³-hybridized carbons (Fsp3) is 0.500. The van der Waals surface area contributed by atoms with Gasteiger partial charge in [0.1, 0.15) is 11.6 Å². The Morgan fingerprint density at radius 3 is 2.88 bits per heavy atom. The van der Waals surface area contributed by atoms with E-state index in [-0.39, 0.29) is 0 Å². The summed E-state index contributed by atoms with van der Waals surface area (Å²) in [5, 5.41) is 15.2. The summed E-state index contributed by atoms with van der Waals surface area (Å²) >= 11 is 0. The second-order valence-electron chi connectivity index (χ2n) is 5.96. The van der Waals surface area contributed by atoms with Crippen LogP contribution in [0.4, 0.5) is 0 Å². The van der Waals surface area contributed by atoms with Crippen LogP contribution in [0.2, 0.25) is 0 Å². The molecule has 0 atom stereocenters. The summed E-state index contributed by atoms with van der Waals surface area (Å²) in [5.41, 5.74) is 1.10. The Bertz CT molecular complexity index is 724. The van der Waals surface area contributed by atoms with Crippen LogP contribution >= 0.6 is 0 Å². The van der Waals surface area contributed by atoms with E-state index < -0.39 is 0 Å². The molecule has 2 N–H and O–H groups in total. The van der Waals surface area contributed by atoms with Gasteiger partial charge in [0.25, 0.3) is 0 Å². The molecular weight excluding hydrogens is 316 g/mol. The standard InChI is InChI=1S/C18H26N6O/c1-3-25-15-9-5-4-8-14(15)12-20-18(19-2)21-13-17-23-22-16-10-6-7-11-24(16)17/h4-5,8-9H,3,6-7,10-13H2,1-2H3,(H2,19,20,21). The minimum atomic E-state index is 0.611. The maximum atomic E-state index is 5.66. The minimum Gasteiger partial charge on any atom is -0.494 e. The number of nitrogens with one attached hydrogen (secondary N) is 2. The van der Waals surface area contributed by atoms with E-state index in [2.05, 4.69) is 36.5 Å². The van der Waals surface area contributed by atoms with Gasteiger partial charge in [-0.1, -0.05) is 18.2 Å². The topological polar surface area (TPSA) is 76.4 Å². The van der Waals surface area contributed by atoms with Gasteiger partial charge in [0.15, 0.2) is 11.8 Å². The van der Waals surface area contributed by atoms with Crippen LogP contribution in [0, 0.1) is 0 Å². The van der Waals surface area contributed by atoms with Gasteiger partial charge in [0, 0.05) is 32.1 Å². The van der Waals surface area contributed by atoms with Crippen LogP contribution in [0.15, 0.2) is 29.3 Å². The fourth-order valence-corrected chi connectivity index (χ4v) is 3.01. The van der Waals surface area contributed by atoms with Gasteiger partial charge < -0.3 is 19.9 Å². The predicted octanol–water partition coefficient (Wildman–Crippen LogP) is 1.88. The third-order valence-electron chi connectivity index (χ3n) is 4.29. The smallest absolute Gasteiger partial charge is 0.191 e. The van der Waals surface area contributed by atoms with Crippen LogP contribution in [0.1, 0.15) is 37.0 Å². The molecule has 1 aromatic carbocycles. The number of benzene rings is 1. The molecule has 1 aliphatic rings. The van der Waals surface area contributed by atoms with Crippen LogP contribution < -0.4 is 15.4 Å². The summed E-state index contributed by atoms with van der Waals surface area (Å²) in [4.78, 5) is 4.29.